The van der Waals surface area contributed by atoms with E-state index >= 15 is 0 Å². The molecule has 2 atom stereocenters. The second-order valence-corrected chi connectivity index (χ2v) is 10.0. The smallest absolute Gasteiger partial charge is 0.160 e. The minimum atomic E-state index is -2.24. The second-order valence-electron chi connectivity index (χ2n) is 7.35. The topological polar surface area (TPSA) is 121 Å². The van der Waals surface area contributed by atoms with Gasteiger partial charge in [0.1, 0.15) is 0 Å². The Labute approximate surface area is 177 Å². The van der Waals surface area contributed by atoms with Gasteiger partial charge in [0.15, 0.2) is 9.87 Å². The van der Waals surface area contributed by atoms with E-state index in [0.717, 1.165) is 64.2 Å². The normalized spacial score (nSPS) is 15.7. The molecule has 28 heavy (non-hydrogen) atoms. The first-order valence-corrected chi connectivity index (χ1v) is 12.6. The lowest BCUT2D eigenvalue weighted by Gasteiger charge is -2.33. The van der Waals surface area contributed by atoms with Gasteiger partial charge in [0.05, 0.1) is 11.9 Å². The van der Waals surface area contributed by atoms with Gasteiger partial charge in [-0.25, -0.2) is 0 Å². The summed E-state index contributed by atoms with van der Waals surface area (Å²) in [6.45, 7) is 4.21. The summed E-state index contributed by atoms with van der Waals surface area (Å²) in [6, 6.07) is 0. The molecule has 0 aliphatic rings. The minimum Gasteiger partial charge on any atom is -0.546 e. The van der Waals surface area contributed by atoms with E-state index in [0.29, 0.717) is 34.4 Å². The van der Waals surface area contributed by atoms with E-state index in [1.165, 1.54) is 0 Å². The van der Waals surface area contributed by atoms with Crippen LogP contribution in [0.5, 0.6) is 0 Å². The first-order valence-electron chi connectivity index (χ1n) is 10.5. The molecule has 0 bridgehead atoms. The summed E-state index contributed by atoms with van der Waals surface area (Å²) in [4.78, 5) is 18.3. The Balaban J connectivity index is 4.53. The van der Waals surface area contributed by atoms with Crippen molar-refractivity contribution in [2.75, 3.05) is 0 Å². The Morgan fingerprint density at radius 2 is 0.929 bits per heavy atom. The van der Waals surface area contributed by atoms with Gasteiger partial charge in [0, 0.05) is 0 Å². The molecule has 0 amide bonds. The maximum Gasteiger partial charge on any atom is 0.160 e. The number of carboxylic acid groups (broad SMARTS) is 2. The third-order valence-electron chi connectivity index (χ3n) is 4.69. The van der Waals surface area contributed by atoms with E-state index in [4.69, 9.17) is 0 Å². The van der Waals surface area contributed by atoms with Crippen LogP contribution in [0.3, 0.4) is 0 Å². The molecule has 0 aromatic rings. The van der Waals surface area contributed by atoms with E-state index in [-0.39, 0.29) is 12.8 Å². The van der Waals surface area contributed by atoms with Crippen molar-refractivity contribution in [2.45, 2.75) is 114 Å². The molecule has 0 aliphatic heterocycles. The first-order chi connectivity index (χ1) is 13.2. The van der Waals surface area contributed by atoms with Crippen molar-refractivity contribution in [1.82, 2.24) is 0 Å². The minimum absolute atomic E-state index is 0.0563. The Kier molecular flexibility index (Phi) is 15.2. The van der Waals surface area contributed by atoms with E-state index in [9.17, 15) is 30.0 Å². The number of rotatable bonds is 19. The predicted octanol–water partition coefficient (Wildman–Crippen LogP) is 2.75. The molecule has 0 saturated carbocycles. The highest BCUT2D eigenvalue weighted by Gasteiger charge is 2.37. The van der Waals surface area contributed by atoms with E-state index in [1.807, 2.05) is 0 Å². The number of hydrogen-bond donors (Lipinski definition) is 2. The van der Waals surface area contributed by atoms with Crippen LogP contribution in [0.2, 0.25) is 0 Å². The molecular weight excluding hydrogens is 400 g/mol. The van der Waals surface area contributed by atoms with Crippen LogP contribution in [-0.2, 0) is 9.59 Å². The number of carbonyl (C=O) groups excluding carboxylic acids is 2. The highest BCUT2D eigenvalue weighted by molar-refractivity contribution is 8.77. The third-order valence-corrected chi connectivity index (χ3v) is 7.97. The van der Waals surface area contributed by atoms with Crippen molar-refractivity contribution in [2.24, 2.45) is 0 Å². The maximum atomic E-state index is 11.4. The summed E-state index contributed by atoms with van der Waals surface area (Å²) >= 11 is 0. The quantitative estimate of drug-likeness (QED) is 0.180. The van der Waals surface area contributed by atoms with Gasteiger partial charge < -0.3 is 30.0 Å². The maximum absolute atomic E-state index is 11.4. The summed E-state index contributed by atoms with van der Waals surface area (Å²) in [5.74, 6) is -3.34. The van der Waals surface area contributed by atoms with Crippen molar-refractivity contribution in [1.29, 1.82) is 0 Å². The number of aliphatic hydroxyl groups is 2. The van der Waals surface area contributed by atoms with Gasteiger partial charge in [0.2, 0.25) is 0 Å². The summed E-state index contributed by atoms with van der Waals surface area (Å²) in [5, 5.41) is 43.5. The predicted molar refractivity (Wildman–Crippen MR) is 111 cm³/mol. The van der Waals surface area contributed by atoms with Crippen LogP contribution < -0.4 is 10.2 Å². The van der Waals surface area contributed by atoms with E-state index < -0.39 is 21.8 Å². The van der Waals surface area contributed by atoms with Gasteiger partial charge >= 0.3 is 0 Å². The molecule has 0 aromatic heterocycles. The molecule has 0 aliphatic carbocycles. The third kappa shape index (κ3) is 11.5. The van der Waals surface area contributed by atoms with Crippen LogP contribution in [0.15, 0.2) is 0 Å². The Hall–Kier alpha value is -0.440. The van der Waals surface area contributed by atoms with Gasteiger partial charge in [-0.05, 0) is 47.3 Å². The Bertz CT molecular complexity index is 408. The van der Waals surface area contributed by atoms with Crippen LogP contribution in [0.25, 0.3) is 0 Å². The molecule has 0 spiro atoms. The number of hydrogen-bond acceptors (Lipinski definition) is 8. The Morgan fingerprint density at radius 3 is 1.21 bits per heavy atom. The van der Waals surface area contributed by atoms with Crippen molar-refractivity contribution in [3.63, 3.8) is 0 Å². The molecule has 0 fully saturated rings. The van der Waals surface area contributed by atoms with Crippen molar-refractivity contribution < 1.29 is 30.0 Å². The summed E-state index contributed by atoms with van der Waals surface area (Å²) in [6.07, 6.45) is 10.9. The zero-order valence-electron chi connectivity index (χ0n) is 17.2. The fourth-order valence-electron chi connectivity index (χ4n) is 2.78. The number of aliphatic carboxylic acids is 2. The molecule has 0 saturated heterocycles. The molecule has 0 rings (SSSR count). The van der Waals surface area contributed by atoms with Crippen LogP contribution in [0.1, 0.15) is 104 Å². The molecular formula is C20H36O6S2-2. The van der Waals surface area contributed by atoms with Gasteiger partial charge in [0.25, 0.3) is 0 Å². The van der Waals surface area contributed by atoms with Crippen molar-refractivity contribution in [3.8, 4) is 0 Å². The molecule has 166 valence electrons. The van der Waals surface area contributed by atoms with E-state index in [1.54, 1.807) is 0 Å². The van der Waals surface area contributed by atoms with Crippen LogP contribution in [-0.4, -0.2) is 32.0 Å². The first kappa shape index (κ1) is 27.6. The van der Waals surface area contributed by atoms with Crippen molar-refractivity contribution >= 4 is 33.5 Å². The summed E-state index contributed by atoms with van der Waals surface area (Å²) in [7, 11) is 0.894. The van der Waals surface area contributed by atoms with Gasteiger partial charge in [-0.3, -0.25) is 0 Å². The van der Waals surface area contributed by atoms with E-state index in [2.05, 4.69) is 13.8 Å². The standard InChI is InChI=1S/C20H38O6S2/c1-3-5-7-9-11-13-15-19(25,17(21)22)27-28-20(26,18(23)24)16-14-12-10-8-6-4-2/h25-26H,3-16H2,1-2H3,(H,21,22)(H,23,24)/p-2. The van der Waals surface area contributed by atoms with Crippen LogP contribution in [0, 0.1) is 0 Å². The number of carbonyl (C=O) groups is 2. The van der Waals surface area contributed by atoms with Gasteiger partial charge in [-0.15, -0.1) is 0 Å². The zero-order chi connectivity index (χ0) is 21.5. The SMILES string of the molecule is CCCCCCCCC(O)(SSC(O)(CCCCCCCC)C(=O)[O-])C(=O)[O-]. The monoisotopic (exact) mass is 436 g/mol. The lowest BCUT2D eigenvalue weighted by molar-refractivity contribution is -0.319. The molecule has 2 N–H and O–H groups in total. The summed E-state index contributed by atoms with van der Waals surface area (Å²) in [5.41, 5.74) is 0. The average Bonchev–Trinajstić information content (AvgIpc) is 2.65. The Morgan fingerprint density at radius 1 is 0.643 bits per heavy atom. The number of unbranched alkanes of at least 4 members (excludes halogenated alkanes) is 10. The molecule has 6 nitrogen and oxygen atoms in total. The zero-order valence-corrected chi connectivity index (χ0v) is 18.9. The lowest BCUT2D eigenvalue weighted by Crippen LogP contribution is -2.48. The highest BCUT2D eigenvalue weighted by atomic mass is 33.1. The summed E-state index contributed by atoms with van der Waals surface area (Å²) < 4.78 is 0. The van der Waals surface area contributed by atoms with Crippen LogP contribution in [0.4, 0.5) is 0 Å². The van der Waals surface area contributed by atoms with Gasteiger partial charge in [-0.2, -0.15) is 0 Å². The highest BCUT2D eigenvalue weighted by Crippen LogP contribution is 2.45. The average molecular weight is 437 g/mol. The molecule has 0 aromatic carbocycles. The molecule has 0 radical (unpaired) electrons. The molecule has 2 unspecified atom stereocenters. The van der Waals surface area contributed by atoms with Crippen molar-refractivity contribution in [3.05, 3.63) is 0 Å². The fourth-order valence-corrected chi connectivity index (χ4v) is 5.39. The van der Waals surface area contributed by atoms with Crippen LogP contribution >= 0.6 is 21.6 Å². The number of carboxylic acids is 2. The lowest BCUT2D eigenvalue weighted by atomic mass is 10.1. The molecule has 0 heterocycles. The fraction of sp³-hybridized carbons (Fsp3) is 0.900. The second kappa shape index (κ2) is 15.4. The largest absolute Gasteiger partial charge is 0.546 e. The van der Waals surface area contributed by atoms with Gasteiger partial charge in [-0.1, -0.05) is 78.1 Å². The molecule has 8 heteroatoms.